The van der Waals surface area contributed by atoms with Crippen LogP contribution in [0.25, 0.3) is 0 Å². The van der Waals surface area contributed by atoms with Crippen LogP contribution in [0.5, 0.6) is 5.75 Å². The number of benzene rings is 2. The summed E-state index contributed by atoms with van der Waals surface area (Å²) >= 11 is 0. The van der Waals surface area contributed by atoms with E-state index < -0.39 is 16.6 Å². The SMILES string of the molecule is CCNC(=NCc1ccc(S(=O)(=O)NC)cc1)N(C)Cc1ccc(OC(F)F)cc1.I. The minimum Gasteiger partial charge on any atom is -0.435 e. The van der Waals surface area contributed by atoms with Crippen LogP contribution in [0.4, 0.5) is 8.78 Å². The molecule has 2 N–H and O–H groups in total. The Hall–Kier alpha value is -1.99. The van der Waals surface area contributed by atoms with Crippen molar-refractivity contribution in [3.8, 4) is 5.75 Å². The van der Waals surface area contributed by atoms with Crippen molar-refractivity contribution in [3.05, 3.63) is 59.7 Å². The fraction of sp³-hybridized carbons (Fsp3) is 0.350. The predicted molar refractivity (Wildman–Crippen MR) is 127 cm³/mol. The fourth-order valence-electron chi connectivity index (χ4n) is 2.65. The topological polar surface area (TPSA) is 83.0 Å². The molecule has 0 spiro atoms. The van der Waals surface area contributed by atoms with Gasteiger partial charge < -0.3 is 15.0 Å². The van der Waals surface area contributed by atoms with Crippen molar-refractivity contribution in [2.45, 2.75) is 31.5 Å². The molecular formula is C20H27F2IN4O3S. The number of alkyl halides is 2. The Morgan fingerprint density at radius 1 is 1.10 bits per heavy atom. The summed E-state index contributed by atoms with van der Waals surface area (Å²) in [6.45, 7) is 0.660. The first-order valence-electron chi connectivity index (χ1n) is 9.31. The third-order valence-corrected chi connectivity index (χ3v) is 5.61. The van der Waals surface area contributed by atoms with E-state index in [1.807, 2.05) is 18.9 Å². The van der Waals surface area contributed by atoms with E-state index in [0.29, 0.717) is 25.6 Å². The smallest absolute Gasteiger partial charge is 0.387 e. The summed E-state index contributed by atoms with van der Waals surface area (Å²) in [6, 6.07) is 13.0. The molecule has 0 saturated carbocycles. The molecule has 0 aromatic heterocycles. The standard InChI is InChI=1S/C20H26F2N4O3S.HI/c1-4-24-20(25-13-15-7-11-18(12-8-15)30(27,28)23-2)26(3)14-16-5-9-17(10-6-16)29-19(21)22;/h5-12,19,23H,4,13-14H2,1-3H3,(H,24,25);1H. The lowest BCUT2D eigenvalue weighted by Crippen LogP contribution is -2.38. The lowest BCUT2D eigenvalue weighted by molar-refractivity contribution is -0.0498. The Kier molecular flexibility index (Phi) is 11.1. The molecule has 0 aliphatic rings. The molecule has 7 nitrogen and oxygen atoms in total. The Morgan fingerprint density at radius 3 is 2.19 bits per heavy atom. The number of guanidine groups is 1. The van der Waals surface area contributed by atoms with Gasteiger partial charge in [0.05, 0.1) is 11.4 Å². The fourth-order valence-corrected chi connectivity index (χ4v) is 3.38. The minimum atomic E-state index is -3.47. The van der Waals surface area contributed by atoms with Crippen LogP contribution in [0.15, 0.2) is 58.4 Å². The Labute approximate surface area is 199 Å². The quantitative estimate of drug-likeness (QED) is 0.276. The van der Waals surface area contributed by atoms with Crippen LogP contribution in [-0.4, -0.2) is 46.5 Å². The lowest BCUT2D eigenvalue weighted by atomic mass is 10.2. The van der Waals surface area contributed by atoms with Gasteiger partial charge in [-0.2, -0.15) is 8.78 Å². The highest BCUT2D eigenvalue weighted by Crippen LogP contribution is 2.16. The van der Waals surface area contributed by atoms with Gasteiger partial charge in [-0.25, -0.2) is 18.1 Å². The molecule has 2 aromatic carbocycles. The van der Waals surface area contributed by atoms with E-state index >= 15 is 0 Å². The van der Waals surface area contributed by atoms with Crippen molar-refractivity contribution in [1.82, 2.24) is 14.9 Å². The number of nitrogens with one attached hydrogen (secondary N) is 2. The van der Waals surface area contributed by atoms with E-state index in [4.69, 9.17) is 0 Å². The normalized spacial score (nSPS) is 11.7. The molecule has 0 bridgehead atoms. The molecule has 0 radical (unpaired) electrons. The van der Waals surface area contributed by atoms with Gasteiger partial charge in [0, 0.05) is 20.1 Å². The van der Waals surface area contributed by atoms with Gasteiger partial charge in [-0.3, -0.25) is 0 Å². The number of rotatable bonds is 9. The first kappa shape index (κ1) is 27.0. The number of aliphatic imine (C=N–C) groups is 1. The van der Waals surface area contributed by atoms with Gasteiger partial charge in [-0.15, -0.1) is 24.0 Å². The van der Waals surface area contributed by atoms with Crippen LogP contribution in [0.3, 0.4) is 0 Å². The van der Waals surface area contributed by atoms with Crippen molar-refractivity contribution < 1.29 is 21.9 Å². The molecule has 0 aliphatic carbocycles. The molecule has 0 saturated heterocycles. The number of hydrogen-bond donors (Lipinski definition) is 2. The van der Waals surface area contributed by atoms with Gasteiger partial charge in [0.25, 0.3) is 0 Å². The average Bonchev–Trinajstić information content (AvgIpc) is 2.72. The summed E-state index contributed by atoms with van der Waals surface area (Å²) in [5.74, 6) is 0.776. The maximum absolute atomic E-state index is 12.3. The molecule has 11 heteroatoms. The van der Waals surface area contributed by atoms with E-state index in [-0.39, 0.29) is 34.6 Å². The van der Waals surface area contributed by atoms with Crippen LogP contribution in [0, 0.1) is 0 Å². The van der Waals surface area contributed by atoms with E-state index in [9.17, 15) is 17.2 Å². The number of hydrogen-bond acceptors (Lipinski definition) is 4. The number of halogens is 3. The van der Waals surface area contributed by atoms with Crippen LogP contribution in [0.2, 0.25) is 0 Å². The Balaban J connectivity index is 0.00000480. The van der Waals surface area contributed by atoms with Crippen molar-refractivity contribution in [2.24, 2.45) is 4.99 Å². The Morgan fingerprint density at radius 2 is 1.68 bits per heavy atom. The predicted octanol–water partition coefficient (Wildman–Crippen LogP) is 3.41. The second-order valence-electron chi connectivity index (χ2n) is 6.40. The van der Waals surface area contributed by atoms with Gasteiger partial charge in [0.15, 0.2) is 5.96 Å². The molecule has 0 aliphatic heterocycles. The summed E-state index contributed by atoms with van der Waals surface area (Å²) in [4.78, 5) is 6.70. The van der Waals surface area contributed by atoms with E-state index in [1.165, 1.54) is 31.3 Å². The van der Waals surface area contributed by atoms with E-state index in [0.717, 1.165) is 11.1 Å². The maximum Gasteiger partial charge on any atom is 0.387 e. The van der Waals surface area contributed by atoms with Crippen molar-refractivity contribution >= 4 is 40.0 Å². The molecule has 2 rings (SSSR count). The number of nitrogens with zero attached hydrogens (tertiary/aromatic N) is 2. The van der Waals surface area contributed by atoms with Gasteiger partial charge in [-0.1, -0.05) is 24.3 Å². The van der Waals surface area contributed by atoms with Crippen molar-refractivity contribution in [3.63, 3.8) is 0 Å². The third-order valence-electron chi connectivity index (χ3n) is 4.18. The molecular weight excluding hydrogens is 541 g/mol. The zero-order valence-electron chi connectivity index (χ0n) is 17.5. The summed E-state index contributed by atoms with van der Waals surface area (Å²) < 4.78 is 54.8. The molecule has 0 heterocycles. The summed E-state index contributed by atoms with van der Waals surface area (Å²) in [6.07, 6.45) is 0. The second kappa shape index (κ2) is 12.8. The molecule has 2 aromatic rings. The Bertz CT molecular complexity index is 940. The molecule has 172 valence electrons. The highest BCUT2D eigenvalue weighted by atomic mass is 127. The second-order valence-corrected chi connectivity index (χ2v) is 8.29. The van der Waals surface area contributed by atoms with Crippen LogP contribution >= 0.6 is 24.0 Å². The summed E-state index contributed by atoms with van der Waals surface area (Å²) in [5.41, 5.74) is 1.77. The highest BCUT2D eigenvalue weighted by Gasteiger charge is 2.11. The zero-order chi connectivity index (χ0) is 22.1. The molecule has 31 heavy (non-hydrogen) atoms. The molecule has 0 atom stereocenters. The summed E-state index contributed by atoms with van der Waals surface area (Å²) in [7, 11) is -0.234. The van der Waals surface area contributed by atoms with Gasteiger partial charge in [-0.05, 0) is 49.4 Å². The van der Waals surface area contributed by atoms with Gasteiger partial charge in [0.2, 0.25) is 10.0 Å². The highest BCUT2D eigenvalue weighted by molar-refractivity contribution is 14.0. The van der Waals surface area contributed by atoms with Crippen LogP contribution in [-0.2, 0) is 23.1 Å². The van der Waals surface area contributed by atoms with Gasteiger partial charge in [0.1, 0.15) is 5.75 Å². The van der Waals surface area contributed by atoms with Crippen LogP contribution < -0.4 is 14.8 Å². The monoisotopic (exact) mass is 568 g/mol. The first-order valence-corrected chi connectivity index (χ1v) is 10.8. The zero-order valence-corrected chi connectivity index (χ0v) is 20.7. The van der Waals surface area contributed by atoms with Crippen molar-refractivity contribution in [2.75, 3.05) is 20.6 Å². The number of ether oxygens (including phenoxy) is 1. The van der Waals surface area contributed by atoms with Gasteiger partial charge >= 0.3 is 6.61 Å². The lowest BCUT2D eigenvalue weighted by Gasteiger charge is -2.22. The average molecular weight is 568 g/mol. The number of sulfonamides is 1. The van der Waals surface area contributed by atoms with Crippen LogP contribution in [0.1, 0.15) is 18.1 Å². The third kappa shape index (κ3) is 8.57. The maximum atomic E-state index is 12.3. The largest absolute Gasteiger partial charge is 0.435 e. The molecule has 0 fully saturated rings. The summed E-state index contributed by atoms with van der Waals surface area (Å²) in [5, 5.41) is 3.20. The molecule has 0 unspecified atom stereocenters. The minimum absolute atomic E-state index is 0. The van der Waals surface area contributed by atoms with E-state index in [2.05, 4.69) is 19.8 Å². The van der Waals surface area contributed by atoms with E-state index in [1.54, 1.807) is 24.3 Å². The first-order chi connectivity index (χ1) is 14.2. The van der Waals surface area contributed by atoms with Crippen molar-refractivity contribution in [1.29, 1.82) is 0 Å². The molecule has 0 amide bonds.